The molecule has 0 saturated heterocycles. The first kappa shape index (κ1) is 24.5. The third kappa shape index (κ3) is 5.05. The number of hydrogen-bond donors (Lipinski definition) is 1. The van der Waals surface area contributed by atoms with E-state index in [-0.39, 0.29) is 23.8 Å². The van der Waals surface area contributed by atoms with Gasteiger partial charge in [-0.05, 0) is 49.2 Å². The lowest BCUT2D eigenvalue weighted by atomic mass is 9.83. The number of aryl methyl sites for hydroxylation is 2. The minimum absolute atomic E-state index is 0.0329. The summed E-state index contributed by atoms with van der Waals surface area (Å²) >= 11 is 0. The predicted molar refractivity (Wildman–Crippen MR) is 132 cm³/mol. The molecule has 4 rings (SSSR count). The maximum absolute atomic E-state index is 12.4. The minimum Gasteiger partial charge on any atom is -0.497 e. The van der Waals surface area contributed by atoms with E-state index < -0.39 is 11.9 Å². The van der Waals surface area contributed by atoms with E-state index in [1.54, 1.807) is 44.6 Å². The number of esters is 1. The second-order valence-electron chi connectivity index (χ2n) is 8.32. The molecule has 0 aliphatic carbocycles. The standard InChI is InChI=1S/C28H26N2O6/c1-16-9-17(2)11-20(10-16)34-15-26(31)35-19-6-8-22-25(13-19)36-28(30)23(14-29)27(22)21-7-5-18(32-3)12-24(21)33-4/h5-13,27H,15,30H2,1-4H3. The second kappa shape index (κ2) is 10.3. The lowest BCUT2D eigenvalue weighted by Crippen LogP contribution is -2.22. The Morgan fingerprint density at radius 1 is 0.944 bits per heavy atom. The monoisotopic (exact) mass is 486 g/mol. The maximum Gasteiger partial charge on any atom is 0.349 e. The number of carbonyl (C=O) groups is 1. The Hall–Kier alpha value is -4.64. The Morgan fingerprint density at radius 2 is 1.64 bits per heavy atom. The van der Waals surface area contributed by atoms with Gasteiger partial charge in [0, 0.05) is 23.3 Å². The Balaban J connectivity index is 1.59. The quantitative estimate of drug-likeness (QED) is 0.383. The first-order valence-corrected chi connectivity index (χ1v) is 11.2. The van der Waals surface area contributed by atoms with Gasteiger partial charge in [0.15, 0.2) is 6.61 Å². The molecule has 8 nitrogen and oxygen atoms in total. The molecule has 1 atom stereocenters. The number of hydrogen-bond acceptors (Lipinski definition) is 8. The van der Waals surface area contributed by atoms with E-state index >= 15 is 0 Å². The number of allylic oxidation sites excluding steroid dienone is 1. The van der Waals surface area contributed by atoms with E-state index in [0.29, 0.717) is 34.1 Å². The highest BCUT2D eigenvalue weighted by atomic mass is 16.6. The van der Waals surface area contributed by atoms with Crippen molar-refractivity contribution < 1.29 is 28.5 Å². The molecule has 0 amide bonds. The van der Waals surface area contributed by atoms with Gasteiger partial charge in [0.05, 0.1) is 20.1 Å². The smallest absolute Gasteiger partial charge is 0.349 e. The maximum atomic E-state index is 12.4. The number of rotatable bonds is 7. The topological polar surface area (TPSA) is 113 Å². The number of fused-ring (bicyclic) bond motifs is 1. The molecule has 8 heteroatoms. The van der Waals surface area contributed by atoms with Crippen LogP contribution in [0.4, 0.5) is 0 Å². The molecule has 2 N–H and O–H groups in total. The summed E-state index contributed by atoms with van der Waals surface area (Å²) < 4.78 is 27.6. The average molecular weight is 487 g/mol. The molecule has 0 spiro atoms. The van der Waals surface area contributed by atoms with Crippen molar-refractivity contribution in [1.29, 1.82) is 5.26 Å². The van der Waals surface area contributed by atoms with Crippen molar-refractivity contribution in [3.63, 3.8) is 0 Å². The zero-order valence-corrected chi connectivity index (χ0v) is 20.5. The molecule has 0 bridgehead atoms. The average Bonchev–Trinajstić information content (AvgIpc) is 2.85. The molecule has 0 aromatic heterocycles. The van der Waals surface area contributed by atoms with Crippen LogP contribution in [0.2, 0.25) is 0 Å². The lowest BCUT2D eigenvalue weighted by Gasteiger charge is -2.27. The Labute approximate surface area is 209 Å². The van der Waals surface area contributed by atoms with Crippen molar-refractivity contribution in [1.82, 2.24) is 0 Å². The second-order valence-corrected chi connectivity index (χ2v) is 8.32. The molecule has 1 aliphatic rings. The third-order valence-electron chi connectivity index (χ3n) is 5.73. The summed E-state index contributed by atoms with van der Waals surface area (Å²) in [6.07, 6.45) is 0. The van der Waals surface area contributed by atoms with Crippen LogP contribution in [0.3, 0.4) is 0 Å². The molecular formula is C28H26N2O6. The van der Waals surface area contributed by atoms with Crippen molar-refractivity contribution in [3.8, 4) is 34.8 Å². The van der Waals surface area contributed by atoms with Crippen LogP contribution in [0.15, 0.2) is 66.1 Å². The molecule has 1 unspecified atom stereocenters. The molecule has 1 aliphatic heterocycles. The fraction of sp³-hybridized carbons (Fsp3) is 0.214. The summed E-state index contributed by atoms with van der Waals surface area (Å²) in [5.41, 5.74) is 9.83. The minimum atomic E-state index is -0.570. The van der Waals surface area contributed by atoms with Crippen molar-refractivity contribution in [2.75, 3.05) is 20.8 Å². The Kier molecular flexibility index (Phi) is 7.02. The zero-order chi connectivity index (χ0) is 25.8. The summed E-state index contributed by atoms with van der Waals surface area (Å²) in [6.45, 7) is 3.66. The van der Waals surface area contributed by atoms with E-state index in [2.05, 4.69) is 6.07 Å². The van der Waals surface area contributed by atoms with E-state index in [1.165, 1.54) is 0 Å². The lowest BCUT2D eigenvalue weighted by molar-refractivity contribution is -0.136. The third-order valence-corrected chi connectivity index (χ3v) is 5.73. The summed E-state index contributed by atoms with van der Waals surface area (Å²) in [5, 5.41) is 9.83. The molecule has 36 heavy (non-hydrogen) atoms. The Bertz CT molecular complexity index is 1370. The van der Waals surface area contributed by atoms with Gasteiger partial charge in [-0.15, -0.1) is 0 Å². The summed E-state index contributed by atoms with van der Waals surface area (Å²) in [5.74, 6) is 1.23. The zero-order valence-electron chi connectivity index (χ0n) is 20.5. The molecule has 0 saturated carbocycles. The van der Waals surface area contributed by atoms with Crippen LogP contribution in [-0.4, -0.2) is 26.8 Å². The number of methoxy groups -OCH3 is 2. The van der Waals surface area contributed by atoms with Gasteiger partial charge in [0.25, 0.3) is 0 Å². The first-order valence-electron chi connectivity index (χ1n) is 11.2. The molecular weight excluding hydrogens is 460 g/mol. The van der Waals surface area contributed by atoms with Gasteiger partial charge in [-0.25, -0.2) is 4.79 Å². The van der Waals surface area contributed by atoms with Crippen LogP contribution in [-0.2, 0) is 4.79 Å². The van der Waals surface area contributed by atoms with Crippen LogP contribution in [0.25, 0.3) is 0 Å². The van der Waals surface area contributed by atoms with Crippen LogP contribution in [0, 0.1) is 25.2 Å². The number of ether oxygens (including phenoxy) is 5. The van der Waals surface area contributed by atoms with Gasteiger partial charge in [0.2, 0.25) is 5.88 Å². The van der Waals surface area contributed by atoms with Gasteiger partial charge in [-0.2, -0.15) is 5.26 Å². The molecule has 3 aromatic carbocycles. The summed E-state index contributed by atoms with van der Waals surface area (Å²) in [7, 11) is 3.10. The number of nitrogens with zero attached hydrogens (tertiary/aromatic N) is 1. The van der Waals surface area contributed by atoms with E-state index in [4.69, 9.17) is 29.4 Å². The van der Waals surface area contributed by atoms with E-state index in [0.717, 1.165) is 11.1 Å². The number of carbonyl (C=O) groups excluding carboxylic acids is 1. The number of benzene rings is 3. The highest BCUT2D eigenvalue weighted by molar-refractivity contribution is 5.74. The van der Waals surface area contributed by atoms with Crippen LogP contribution in [0.5, 0.6) is 28.7 Å². The van der Waals surface area contributed by atoms with E-state index in [9.17, 15) is 10.1 Å². The van der Waals surface area contributed by atoms with Crippen molar-refractivity contribution in [2.24, 2.45) is 5.73 Å². The normalized spacial score (nSPS) is 14.2. The van der Waals surface area contributed by atoms with Gasteiger partial charge < -0.3 is 29.4 Å². The van der Waals surface area contributed by atoms with Crippen LogP contribution < -0.4 is 29.4 Å². The van der Waals surface area contributed by atoms with Crippen molar-refractivity contribution in [2.45, 2.75) is 19.8 Å². The predicted octanol–water partition coefficient (Wildman–Crippen LogP) is 4.52. The highest BCUT2D eigenvalue weighted by Gasteiger charge is 2.33. The summed E-state index contributed by atoms with van der Waals surface area (Å²) in [4.78, 5) is 12.4. The highest BCUT2D eigenvalue weighted by Crippen LogP contribution is 2.46. The van der Waals surface area contributed by atoms with Crippen LogP contribution >= 0.6 is 0 Å². The molecule has 0 radical (unpaired) electrons. The largest absolute Gasteiger partial charge is 0.497 e. The number of nitrogens with two attached hydrogens (primary N) is 1. The van der Waals surface area contributed by atoms with Gasteiger partial charge in [0.1, 0.15) is 40.4 Å². The molecule has 3 aromatic rings. The fourth-order valence-electron chi connectivity index (χ4n) is 4.20. The van der Waals surface area contributed by atoms with Crippen molar-refractivity contribution >= 4 is 5.97 Å². The SMILES string of the molecule is COc1ccc(C2C(C#N)=C(N)Oc3cc(OC(=O)COc4cc(C)cc(C)c4)ccc32)c(OC)c1. The molecule has 184 valence electrons. The van der Waals surface area contributed by atoms with Gasteiger partial charge in [-0.1, -0.05) is 18.2 Å². The first-order chi connectivity index (χ1) is 17.3. The van der Waals surface area contributed by atoms with Crippen molar-refractivity contribution in [3.05, 3.63) is 88.3 Å². The number of nitriles is 1. The fourth-order valence-corrected chi connectivity index (χ4v) is 4.20. The molecule has 1 heterocycles. The molecule has 0 fully saturated rings. The Morgan fingerprint density at radius 3 is 2.31 bits per heavy atom. The summed E-state index contributed by atoms with van der Waals surface area (Å²) in [6, 6.07) is 18.1. The van der Waals surface area contributed by atoms with Gasteiger partial charge >= 0.3 is 5.97 Å². The van der Waals surface area contributed by atoms with Gasteiger partial charge in [-0.3, -0.25) is 0 Å². The van der Waals surface area contributed by atoms with E-state index in [1.807, 2.05) is 38.1 Å². The van der Waals surface area contributed by atoms with Crippen LogP contribution in [0.1, 0.15) is 28.2 Å².